The molecule has 0 saturated heterocycles. The van der Waals surface area contributed by atoms with Crippen molar-refractivity contribution in [1.82, 2.24) is 0 Å². The van der Waals surface area contributed by atoms with Crippen LogP contribution >= 0.6 is 31.9 Å². The number of aromatic hydroxyl groups is 1. The third kappa shape index (κ3) is 2.63. The van der Waals surface area contributed by atoms with Crippen molar-refractivity contribution in [2.45, 2.75) is 6.92 Å². The fraction of sp³-hybridized carbons (Fsp3) is 0.0625. The zero-order chi connectivity index (χ0) is 15.1. The molecule has 0 atom stereocenters. The van der Waals surface area contributed by atoms with Crippen molar-refractivity contribution in [3.63, 3.8) is 0 Å². The summed E-state index contributed by atoms with van der Waals surface area (Å²) in [4.78, 5) is 12.1. The van der Waals surface area contributed by atoms with E-state index in [2.05, 4.69) is 37.2 Å². The summed E-state index contributed by atoms with van der Waals surface area (Å²) in [6.45, 7) is 1.99. The van der Waals surface area contributed by atoms with Crippen LogP contribution in [0.5, 0.6) is 5.75 Å². The topological polar surface area (TPSA) is 49.3 Å². The number of carbonyl (C=O) groups is 1. The van der Waals surface area contributed by atoms with Gasteiger partial charge in [0, 0.05) is 16.8 Å². The second kappa shape index (κ2) is 5.31. The Labute approximate surface area is 138 Å². The van der Waals surface area contributed by atoms with Crippen molar-refractivity contribution in [3.8, 4) is 5.75 Å². The standard InChI is InChI=1S/C16H11Br2NO2/c1-8-2-3-14-10(4-8)11(16(21)19-14)5-9-6-12(17)15(20)13(18)7-9/h2-7,20H,1H3,(H,19,21)/b11-5+. The highest BCUT2D eigenvalue weighted by Crippen LogP contribution is 2.37. The molecule has 106 valence electrons. The summed E-state index contributed by atoms with van der Waals surface area (Å²) in [5, 5.41) is 12.6. The van der Waals surface area contributed by atoms with Crippen LogP contribution < -0.4 is 5.32 Å². The van der Waals surface area contributed by atoms with E-state index in [-0.39, 0.29) is 11.7 Å². The summed E-state index contributed by atoms with van der Waals surface area (Å²) in [7, 11) is 0. The zero-order valence-electron chi connectivity index (χ0n) is 11.1. The molecule has 0 radical (unpaired) electrons. The van der Waals surface area contributed by atoms with Crippen molar-refractivity contribution in [2.75, 3.05) is 5.32 Å². The molecule has 2 aromatic rings. The molecule has 0 spiro atoms. The number of nitrogens with one attached hydrogen (secondary N) is 1. The van der Waals surface area contributed by atoms with Crippen LogP contribution in [0.3, 0.4) is 0 Å². The molecule has 1 amide bonds. The van der Waals surface area contributed by atoms with Gasteiger partial charge in [-0.05, 0) is 74.7 Å². The molecular formula is C16H11Br2NO2. The van der Waals surface area contributed by atoms with Crippen molar-refractivity contribution in [3.05, 3.63) is 56.0 Å². The molecule has 1 aliphatic rings. The third-order valence-corrected chi connectivity index (χ3v) is 4.52. The van der Waals surface area contributed by atoms with Gasteiger partial charge in [0.2, 0.25) is 0 Å². The Kier molecular flexibility index (Phi) is 3.63. The van der Waals surface area contributed by atoms with E-state index in [9.17, 15) is 9.90 Å². The molecule has 1 aliphatic heterocycles. The monoisotopic (exact) mass is 407 g/mol. The van der Waals surface area contributed by atoms with E-state index in [4.69, 9.17) is 0 Å². The van der Waals surface area contributed by atoms with Gasteiger partial charge in [-0.3, -0.25) is 4.79 Å². The molecule has 2 N–H and O–H groups in total. The maximum absolute atomic E-state index is 12.1. The van der Waals surface area contributed by atoms with E-state index in [0.717, 1.165) is 22.4 Å². The van der Waals surface area contributed by atoms with Gasteiger partial charge in [0.25, 0.3) is 5.91 Å². The van der Waals surface area contributed by atoms with E-state index in [0.29, 0.717) is 14.5 Å². The van der Waals surface area contributed by atoms with Crippen LogP contribution in [-0.4, -0.2) is 11.0 Å². The Balaban J connectivity index is 2.13. The summed E-state index contributed by atoms with van der Waals surface area (Å²) in [5.41, 5.74) is 4.28. The molecule has 5 heteroatoms. The second-order valence-electron chi connectivity index (χ2n) is 4.89. The number of phenolic OH excluding ortho intramolecular Hbond substituents is 1. The molecule has 0 aliphatic carbocycles. The second-order valence-corrected chi connectivity index (χ2v) is 6.60. The molecule has 0 unspecified atom stereocenters. The highest BCUT2D eigenvalue weighted by Gasteiger charge is 2.24. The summed E-state index contributed by atoms with van der Waals surface area (Å²) in [6.07, 6.45) is 1.82. The van der Waals surface area contributed by atoms with Crippen molar-refractivity contribution >= 4 is 55.1 Å². The molecule has 3 rings (SSSR count). The Morgan fingerprint density at radius 1 is 1.14 bits per heavy atom. The Hall–Kier alpha value is -1.59. The highest BCUT2D eigenvalue weighted by atomic mass is 79.9. The van der Waals surface area contributed by atoms with Gasteiger partial charge in [-0.25, -0.2) is 0 Å². The predicted octanol–water partition coefficient (Wildman–Crippen LogP) is 4.72. The number of phenols is 1. The number of fused-ring (bicyclic) bond motifs is 1. The van der Waals surface area contributed by atoms with Crippen LogP contribution in [0.4, 0.5) is 5.69 Å². The maximum Gasteiger partial charge on any atom is 0.256 e. The van der Waals surface area contributed by atoms with Crippen LogP contribution in [0.15, 0.2) is 39.3 Å². The van der Waals surface area contributed by atoms with Gasteiger partial charge in [0.1, 0.15) is 5.75 Å². The predicted molar refractivity (Wildman–Crippen MR) is 91.2 cm³/mol. The lowest BCUT2D eigenvalue weighted by molar-refractivity contribution is -0.110. The Morgan fingerprint density at radius 3 is 2.48 bits per heavy atom. The molecule has 3 nitrogen and oxygen atoms in total. The summed E-state index contributed by atoms with van der Waals surface area (Å²) in [5.74, 6) is 0.0280. The van der Waals surface area contributed by atoms with E-state index in [1.807, 2.05) is 31.2 Å². The van der Waals surface area contributed by atoms with Crippen LogP contribution in [0.25, 0.3) is 11.6 Å². The molecule has 0 fully saturated rings. The number of carbonyl (C=O) groups excluding carboxylic acids is 1. The minimum atomic E-state index is -0.115. The van der Waals surface area contributed by atoms with Crippen LogP contribution in [-0.2, 0) is 4.79 Å². The number of amides is 1. The lowest BCUT2D eigenvalue weighted by atomic mass is 10.0. The first-order chi connectivity index (χ1) is 9.95. The number of hydrogen-bond acceptors (Lipinski definition) is 2. The van der Waals surface area contributed by atoms with Crippen molar-refractivity contribution in [1.29, 1.82) is 0 Å². The average Bonchev–Trinajstić information content (AvgIpc) is 2.72. The highest BCUT2D eigenvalue weighted by molar-refractivity contribution is 9.11. The molecule has 0 aromatic heterocycles. The lowest BCUT2D eigenvalue weighted by Gasteiger charge is -2.04. The first-order valence-corrected chi connectivity index (χ1v) is 7.86. The summed E-state index contributed by atoms with van der Waals surface area (Å²) in [6, 6.07) is 9.41. The van der Waals surface area contributed by atoms with Gasteiger partial charge in [0.05, 0.1) is 8.95 Å². The molecule has 2 aromatic carbocycles. The fourth-order valence-corrected chi connectivity index (χ4v) is 3.50. The molecule has 0 saturated carbocycles. The molecule has 21 heavy (non-hydrogen) atoms. The number of halogens is 2. The summed E-state index contributed by atoms with van der Waals surface area (Å²) >= 11 is 6.59. The quantitative estimate of drug-likeness (QED) is 0.670. The van der Waals surface area contributed by atoms with Gasteiger partial charge in [-0.1, -0.05) is 11.6 Å². The van der Waals surface area contributed by atoms with Crippen LogP contribution in [0.2, 0.25) is 0 Å². The van der Waals surface area contributed by atoms with Crippen LogP contribution in [0, 0.1) is 6.92 Å². The maximum atomic E-state index is 12.1. The first-order valence-electron chi connectivity index (χ1n) is 6.28. The first kappa shape index (κ1) is 14.4. The Bertz CT molecular complexity index is 774. The van der Waals surface area contributed by atoms with Crippen molar-refractivity contribution < 1.29 is 9.90 Å². The number of anilines is 1. The van der Waals surface area contributed by atoms with E-state index >= 15 is 0 Å². The van der Waals surface area contributed by atoms with E-state index in [1.54, 1.807) is 12.1 Å². The molecular weight excluding hydrogens is 398 g/mol. The van der Waals surface area contributed by atoms with Gasteiger partial charge in [-0.15, -0.1) is 0 Å². The molecule has 0 bridgehead atoms. The lowest BCUT2D eigenvalue weighted by Crippen LogP contribution is -2.03. The van der Waals surface area contributed by atoms with Gasteiger partial charge in [0.15, 0.2) is 0 Å². The number of aryl methyl sites for hydroxylation is 1. The van der Waals surface area contributed by atoms with Crippen molar-refractivity contribution in [2.24, 2.45) is 0 Å². The fourth-order valence-electron chi connectivity index (χ4n) is 2.28. The number of benzene rings is 2. The smallest absolute Gasteiger partial charge is 0.256 e. The summed E-state index contributed by atoms with van der Waals surface area (Å²) < 4.78 is 1.15. The van der Waals surface area contributed by atoms with E-state index < -0.39 is 0 Å². The van der Waals surface area contributed by atoms with E-state index in [1.165, 1.54) is 0 Å². The molecule has 1 heterocycles. The number of hydrogen-bond donors (Lipinski definition) is 2. The van der Waals surface area contributed by atoms with Crippen LogP contribution in [0.1, 0.15) is 16.7 Å². The third-order valence-electron chi connectivity index (χ3n) is 3.31. The Morgan fingerprint density at radius 2 is 1.81 bits per heavy atom. The normalized spacial score (nSPS) is 15.2. The van der Waals surface area contributed by atoms with Gasteiger partial charge in [-0.2, -0.15) is 0 Å². The zero-order valence-corrected chi connectivity index (χ0v) is 14.2. The minimum Gasteiger partial charge on any atom is -0.506 e. The SMILES string of the molecule is Cc1ccc2c(c1)/C(=C\c1cc(Br)c(O)c(Br)c1)C(=O)N2. The van der Waals surface area contributed by atoms with Gasteiger partial charge >= 0.3 is 0 Å². The average molecular weight is 409 g/mol. The van der Waals surface area contributed by atoms with Gasteiger partial charge < -0.3 is 10.4 Å². The minimum absolute atomic E-state index is 0.115. The number of rotatable bonds is 1. The largest absolute Gasteiger partial charge is 0.506 e.